The molecule has 4 rings (SSSR count). The van der Waals surface area contributed by atoms with E-state index in [1.54, 1.807) is 0 Å². The van der Waals surface area contributed by atoms with Crippen LogP contribution in [0.4, 0.5) is 0 Å². The van der Waals surface area contributed by atoms with Crippen LogP contribution < -0.4 is 0 Å². The molecule has 7 atom stereocenters. The standard InChI is InChI=1S/C23H35ClO3/c1-22-11-9-16(27-21(26)4-3-13-24)14-15(22)5-6-17-18-7-8-20(25)23(18,2)12-10-19(17)22/h15-19H,3-14H2,1-2H3. The molecule has 4 heteroatoms. The molecule has 0 aromatic rings. The van der Waals surface area contributed by atoms with E-state index >= 15 is 0 Å². The van der Waals surface area contributed by atoms with Crippen LogP contribution in [0.1, 0.15) is 84.5 Å². The minimum atomic E-state index is -0.0733. The first-order chi connectivity index (χ1) is 12.9. The number of ether oxygens (including phenoxy) is 1. The van der Waals surface area contributed by atoms with Crippen molar-refractivity contribution in [1.29, 1.82) is 0 Å². The Morgan fingerprint density at radius 1 is 1.11 bits per heavy atom. The molecule has 0 heterocycles. The van der Waals surface area contributed by atoms with Gasteiger partial charge in [-0.15, -0.1) is 11.6 Å². The van der Waals surface area contributed by atoms with Gasteiger partial charge in [0.25, 0.3) is 0 Å². The number of fused-ring (bicyclic) bond motifs is 5. The highest BCUT2D eigenvalue weighted by molar-refractivity contribution is 6.17. The van der Waals surface area contributed by atoms with Crippen LogP contribution in [0.5, 0.6) is 0 Å². The average molecular weight is 395 g/mol. The molecule has 0 amide bonds. The molecule has 0 bridgehead atoms. The summed E-state index contributed by atoms with van der Waals surface area (Å²) >= 11 is 5.69. The topological polar surface area (TPSA) is 43.4 Å². The monoisotopic (exact) mass is 394 g/mol. The molecular weight excluding hydrogens is 360 g/mol. The van der Waals surface area contributed by atoms with Crippen molar-refractivity contribution in [1.82, 2.24) is 0 Å². The Morgan fingerprint density at radius 3 is 2.70 bits per heavy atom. The Bertz CT molecular complexity index is 604. The quantitative estimate of drug-likeness (QED) is 0.465. The van der Waals surface area contributed by atoms with E-state index in [0.717, 1.165) is 43.9 Å². The van der Waals surface area contributed by atoms with Crippen molar-refractivity contribution in [3.05, 3.63) is 0 Å². The number of alkyl halides is 1. The molecule has 152 valence electrons. The maximum Gasteiger partial charge on any atom is 0.306 e. The van der Waals surface area contributed by atoms with Gasteiger partial charge in [-0.05, 0) is 86.9 Å². The first-order valence-corrected chi connectivity index (χ1v) is 11.7. The Balaban J connectivity index is 1.43. The van der Waals surface area contributed by atoms with Crippen molar-refractivity contribution in [3.8, 4) is 0 Å². The van der Waals surface area contributed by atoms with Crippen LogP contribution in [0.3, 0.4) is 0 Å². The summed E-state index contributed by atoms with van der Waals surface area (Å²) in [5.41, 5.74) is 0.342. The van der Waals surface area contributed by atoms with Crippen LogP contribution in [0.15, 0.2) is 0 Å². The second-order valence-electron chi connectivity index (χ2n) is 10.3. The van der Waals surface area contributed by atoms with E-state index in [1.165, 1.54) is 25.7 Å². The zero-order valence-corrected chi connectivity index (χ0v) is 17.7. The van der Waals surface area contributed by atoms with Crippen molar-refractivity contribution in [2.24, 2.45) is 34.5 Å². The Morgan fingerprint density at radius 2 is 1.93 bits per heavy atom. The lowest BCUT2D eigenvalue weighted by Crippen LogP contribution is -2.54. The molecule has 4 saturated carbocycles. The van der Waals surface area contributed by atoms with Crippen LogP contribution in [0.2, 0.25) is 0 Å². The molecule has 0 aromatic heterocycles. The molecule has 0 spiro atoms. The number of carbonyl (C=O) groups excluding carboxylic acids is 2. The summed E-state index contributed by atoms with van der Waals surface area (Å²) in [7, 11) is 0. The number of esters is 1. The Hall–Kier alpha value is -0.570. The molecular formula is C23H35ClO3. The van der Waals surface area contributed by atoms with Crippen molar-refractivity contribution in [3.63, 3.8) is 0 Å². The van der Waals surface area contributed by atoms with Gasteiger partial charge in [0.05, 0.1) is 0 Å². The predicted molar refractivity (Wildman–Crippen MR) is 107 cm³/mol. The number of carbonyl (C=O) groups is 2. The van der Waals surface area contributed by atoms with Gasteiger partial charge in [0.2, 0.25) is 0 Å². The number of rotatable bonds is 4. The molecule has 3 nitrogen and oxygen atoms in total. The second kappa shape index (κ2) is 7.35. The van der Waals surface area contributed by atoms with Crippen LogP contribution >= 0.6 is 11.6 Å². The lowest BCUT2D eigenvalue weighted by atomic mass is 9.45. The van der Waals surface area contributed by atoms with E-state index in [0.29, 0.717) is 41.8 Å². The molecule has 4 aliphatic rings. The highest BCUT2D eigenvalue weighted by Crippen LogP contribution is 2.65. The zero-order valence-electron chi connectivity index (χ0n) is 17.0. The van der Waals surface area contributed by atoms with Gasteiger partial charge in [0, 0.05) is 24.1 Å². The molecule has 7 unspecified atom stereocenters. The van der Waals surface area contributed by atoms with E-state index in [-0.39, 0.29) is 17.5 Å². The van der Waals surface area contributed by atoms with E-state index in [9.17, 15) is 9.59 Å². The van der Waals surface area contributed by atoms with Crippen molar-refractivity contribution < 1.29 is 14.3 Å². The third kappa shape index (κ3) is 3.26. The Labute approximate surface area is 168 Å². The third-order valence-corrected chi connectivity index (χ3v) is 9.41. The number of hydrogen-bond acceptors (Lipinski definition) is 3. The average Bonchev–Trinajstić information content (AvgIpc) is 2.95. The zero-order chi connectivity index (χ0) is 19.2. The minimum Gasteiger partial charge on any atom is -0.462 e. The van der Waals surface area contributed by atoms with Gasteiger partial charge in [-0.25, -0.2) is 0 Å². The number of hydrogen-bond donors (Lipinski definition) is 0. The van der Waals surface area contributed by atoms with E-state index in [2.05, 4.69) is 13.8 Å². The summed E-state index contributed by atoms with van der Waals surface area (Å²) in [6.07, 6.45) is 11.2. The molecule has 27 heavy (non-hydrogen) atoms. The highest BCUT2D eigenvalue weighted by Gasteiger charge is 2.60. The summed E-state index contributed by atoms with van der Waals surface area (Å²) in [6, 6.07) is 0. The van der Waals surface area contributed by atoms with E-state index in [4.69, 9.17) is 16.3 Å². The second-order valence-corrected chi connectivity index (χ2v) is 10.6. The Kier molecular flexibility index (Phi) is 5.37. The van der Waals surface area contributed by atoms with Crippen LogP contribution in [-0.2, 0) is 14.3 Å². The summed E-state index contributed by atoms with van der Waals surface area (Å²) in [6.45, 7) is 4.77. The number of Topliss-reactive ketones (excluding diaryl/α,β-unsaturated/α-hetero) is 1. The van der Waals surface area contributed by atoms with Crippen LogP contribution in [0.25, 0.3) is 0 Å². The van der Waals surface area contributed by atoms with Gasteiger partial charge >= 0.3 is 5.97 Å². The van der Waals surface area contributed by atoms with Gasteiger partial charge in [0.15, 0.2) is 0 Å². The third-order valence-electron chi connectivity index (χ3n) is 9.14. The normalized spacial score (nSPS) is 46.3. The van der Waals surface area contributed by atoms with Crippen molar-refractivity contribution in [2.75, 3.05) is 5.88 Å². The molecule has 0 aliphatic heterocycles. The fraction of sp³-hybridized carbons (Fsp3) is 0.913. The van der Waals surface area contributed by atoms with E-state index in [1.807, 2.05) is 0 Å². The molecule has 0 radical (unpaired) electrons. The predicted octanol–water partition coefficient (Wildman–Crippen LogP) is 5.53. The van der Waals surface area contributed by atoms with Crippen molar-refractivity contribution >= 4 is 23.4 Å². The summed E-state index contributed by atoms with van der Waals surface area (Å²) in [5.74, 6) is 3.76. The van der Waals surface area contributed by atoms with Gasteiger partial charge in [-0.1, -0.05) is 13.8 Å². The molecule has 4 fully saturated rings. The van der Waals surface area contributed by atoms with Gasteiger partial charge in [0.1, 0.15) is 11.9 Å². The van der Waals surface area contributed by atoms with Gasteiger partial charge in [-0.3, -0.25) is 9.59 Å². The van der Waals surface area contributed by atoms with Crippen molar-refractivity contribution in [2.45, 2.75) is 90.6 Å². The fourth-order valence-electron chi connectivity index (χ4n) is 7.55. The SMILES string of the molecule is CC12CCC3C(CCC4CC(OC(=O)CCCCl)CCC43C)C1CCC2=O. The molecule has 0 saturated heterocycles. The van der Waals surface area contributed by atoms with Gasteiger partial charge < -0.3 is 4.74 Å². The molecule has 4 aliphatic carbocycles. The van der Waals surface area contributed by atoms with Crippen LogP contribution in [0, 0.1) is 34.5 Å². The van der Waals surface area contributed by atoms with E-state index < -0.39 is 0 Å². The maximum atomic E-state index is 12.5. The maximum absolute atomic E-state index is 12.5. The summed E-state index contributed by atoms with van der Waals surface area (Å²) in [4.78, 5) is 24.5. The highest BCUT2D eigenvalue weighted by atomic mass is 35.5. The molecule has 0 aromatic carbocycles. The van der Waals surface area contributed by atoms with Gasteiger partial charge in [-0.2, -0.15) is 0 Å². The smallest absolute Gasteiger partial charge is 0.306 e. The van der Waals surface area contributed by atoms with Crippen LogP contribution in [-0.4, -0.2) is 23.7 Å². The summed E-state index contributed by atoms with van der Waals surface area (Å²) in [5, 5.41) is 0. The lowest BCUT2D eigenvalue weighted by molar-refractivity contribution is -0.162. The molecule has 0 N–H and O–H groups in total. The first kappa shape index (κ1) is 19.7. The minimum absolute atomic E-state index is 0.0283. The fourth-order valence-corrected chi connectivity index (χ4v) is 7.69. The lowest BCUT2D eigenvalue weighted by Gasteiger charge is -2.60. The first-order valence-electron chi connectivity index (χ1n) is 11.2. The summed E-state index contributed by atoms with van der Waals surface area (Å²) < 4.78 is 5.78. The number of halogens is 1. The number of ketones is 1. The largest absolute Gasteiger partial charge is 0.462 e.